The van der Waals surface area contributed by atoms with Gasteiger partial charge in [-0.05, 0) is 99.5 Å². The Labute approximate surface area is 310 Å². The van der Waals surface area contributed by atoms with E-state index in [-0.39, 0.29) is 0 Å². The highest BCUT2D eigenvalue weighted by molar-refractivity contribution is 6.10. The molecule has 1 aliphatic heterocycles. The summed E-state index contributed by atoms with van der Waals surface area (Å²) in [6.07, 6.45) is 3.21. The van der Waals surface area contributed by atoms with Gasteiger partial charge in [-0.25, -0.2) is 0 Å². The number of nitrogens with one attached hydrogen (secondary N) is 1. The zero-order valence-electron chi connectivity index (χ0n) is 29.2. The number of fused-ring (bicyclic) bond motifs is 7. The van der Waals surface area contributed by atoms with Crippen LogP contribution in [0, 0.1) is 0 Å². The molecule has 0 saturated carbocycles. The van der Waals surface area contributed by atoms with E-state index in [1.54, 1.807) is 0 Å². The molecule has 10 rings (SSSR count). The maximum atomic E-state index is 3.87. The fourth-order valence-electron chi connectivity index (χ4n) is 8.06. The predicted octanol–water partition coefficient (Wildman–Crippen LogP) is 13.5. The van der Waals surface area contributed by atoms with E-state index in [1.807, 2.05) is 0 Å². The van der Waals surface area contributed by atoms with Crippen LogP contribution in [-0.4, -0.2) is 4.57 Å². The van der Waals surface area contributed by atoms with Crippen LogP contribution < -0.4 is 5.32 Å². The van der Waals surface area contributed by atoms with E-state index in [2.05, 4.69) is 210 Å². The van der Waals surface area contributed by atoms with Gasteiger partial charge < -0.3 is 9.88 Å². The van der Waals surface area contributed by atoms with Gasteiger partial charge in [0.25, 0.3) is 0 Å². The molecular formula is C51H36N2. The molecule has 0 unspecified atom stereocenters. The molecule has 9 aromatic rings. The van der Waals surface area contributed by atoms with Gasteiger partial charge in [0.15, 0.2) is 0 Å². The van der Waals surface area contributed by atoms with Crippen molar-refractivity contribution in [2.45, 2.75) is 6.42 Å². The Morgan fingerprint density at radius 2 is 0.943 bits per heavy atom. The zero-order chi connectivity index (χ0) is 35.1. The summed E-state index contributed by atoms with van der Waals surface area (Å²) in [5, 5.41) is 6.38. The van der Waals surface area contributed by atoms with E-state index in [0.29, 0.717) is 0 Å². The molecule has 8 aromatic carbocycles. The lowest BCUT2D eigenvalue weighted by molar-refractivity contribution is 1.18. The molecular weight excluding hydrogens is 641 g/mol. The maximum Gasteiger partial charge on any atom is 0.0541 e. The molecule has 1 aromatic heterocycles. The number of hydrogen-bond acceptors (Lipinski definition) is 1. The average Bonchev–Trinajstić information content (AvgIpc) is 3.56. The second kappa shape index (κ2) is 13.0. The lowest BCUT2D eigenvalue weighted by atomic mass is 9.88. The lowest BCUT2D eigenvalue weighted by Crippen LogP contribution is -2.02. The summed E-state index contributed by atoms with van der Waals surface area (Å²) in [6, 6.07) is 70.4. The normalized spacial score (nSPS) is 13.3. The Bertz CT molecular complexity index is 2810. The van der Waals surface area contributed by atoms with Crippen LogP contribution in [0.4, 0.5) is 11.4 Å². The van der Waals surface area contributed by atoms with Gasteiger partial charge in [0.2, 0.25) is 0 Å². The first-order valence-electron chi connectivity index (χ1n) is 18.3. The van der Waals surface area contributed by atoms with Crippen molar-refractivity contribution in [1.29, 1.82) is 0 Å². The minimum absolute atomic E-state index is 0.803. The van der Waals surface area contributed by atoms with Gasteiger partial charge in [0, 0.05) is 39.0 Å². The first-order chi connectivity index (χ1) is 26.3. The van der Waals surface area contributed by atoms with E-state index < -0.39 is 0 Å². The lowest BCUT2D eigenvalue weighted by Gasteiger charge is -2.21. The molecule has 0 atom stereocenters. The number of anilines is 2. The molecule has 0 bridgehead atoms. The van der Waals surface area contributed by atoms with E-state index in [0.717, 1.165) is 17.8 Å². The highest BCUT2D eigenvalue weighted by Gasteiger charge is 2.18. The molecule has 2 heterocycles. The zero-order valence-corrected chi connectivity index (χ0v) is 29.2. The molecule has 2 heteroatoms. The topological polar surface area (TPSA) is 17.0 Å². The van der Waals surface area contributed by atoms with Crippen molar-refractivity contribution in [1.82, 2.24) is 4.57 Å². The predicted molar refractivity (Wildman–Crippen MR) is 224 cm³/mol. The van der Waals surface area contributed by atoms with Crippen molar-refractivity contribution in [2.24, 2.45) is 0 Å². The molecule has 0 amide bonds. The SMILES string of the molecule is C1=C(/c2ccc(-c3ccccc3)cc2)c2ccccc2Nc2ccccc2-c2cc(-c3ccc4c(c3)c3ccccc3n4-c3ccccc3)ccc2C/1. The number of hydrogen-bond donors (Lipinski definition) is 1. The molecule has 0 fully saturated rings. The van der Waals surface area contributed by atoms with Crippen molar-refractivity contribution in [3.63, 3.8) is 0 Å². The molecule has 1 N–H and O–H groups in total. The van der Waals surface area contributed by atoms with Crippen molar-refractivity contribution < 1.29 is 0 Å². The summed E-state index contributed by atoms with van der Waals surface area (Å²) in [5.74, 6) is 0. The minimum atomic E-state index is 0.803. The largest absolute Gasteiger partial charge is 0.355 e. The molecule has 0 aliphatic carbocycles. The molecule has 250 valence electrons. The standard InChI is InChI=1S/C51H36N2/c1-3-13-35(14-4-1)36-23-25-37(26-24-36)42-31-29-38-27-28-39(33-46(38)44-18-8-11-21-49(44)52-48-20-10-7-17-43(42)48)40-30-32-51-47(34-40)45-19-9-12-22-50(45)53(51)41-15-5-2-6-16-41/h1-28,30-34,52H,29H2/b42-31-. The fraction of sp³-hybridized carbons (Fsp3) is 0.0196. The van der Waals surface area contributed by atoms with E-state index in [4.69, 9.17) is 0 Å². The molecule has 0 radical (unpaired) electrons. The van der Waals surface area contributed by atoms with Crippen LogP contribution in [0.1, 0.15) is 16.7 Å². The third-order valence-corrected chi connectivity index (χ3v) is 10.7. The Morgan fingerprint density at radius 3 is 1.75 bits per heavy atom. The Balaban J connectivity index is 1.11. The van der Waals surface area contributed by atoms with E-state index in [1.165, 1.54) is 83.1 Å². The van der Waals surface area contributed by atoms with E-state index in [9.17, 15) is 0 Å². The number of allylic oxidation sites excluding steroid dienone is 1. The van der Waals surface area contributed by atoms with Gasteiger partial charge >= 0.3 is 0 Å². The van der Waals surface area contributed by atoms with Gasteiger partial charge in [-0.3, -0.25) is 0 Å². The van der Waals surface area contributed by atoms with Gasteiger partial charge in [-0.2, -0.15) is 0 Å². The highest BCUT2D eigenvalue weighted by Crippen LogP contribution is 2.41. The first kappa shape index (κ1) is 30.9. The number of para-hydroxylation sites is 4. The quantitative estimate of drug-likeness (QED) is 0.196. The van der Waals surface area contributed by atoms with Crippen LogP contribution in [0.3, 0.4) is 0 Å². The van der Waals surface area contributed by atoms with Crippen LogP contribution in [0.15, 0.2) is 200 Å². The second-order valence-electron chi connectivity index (χ2n) is 13.8. The van der Waals surface area contributed by atoms with Gasteiger partial charge in [0.1, 0.15) is 0 Å². The third-order valence-electron chi connectivity index (χ3n) is 10.7. The number of aromatic nitrogens is 1. The van der Waals surface area contributed by atoms with Crippen LogP contribution in [-0.2, 0) is 6.42 Å². The molecule has 2 nitrogen and oxygen atoms in total. The Kier molecular flexibility index (Phi) is 7.58. The van der Waals surface area contributed by atoms with Crippen LogP contribution >= 0.6 is 0 Å². The molecule has 0 saturated heterocycles. The van der Waals surface area contributed by atoms with Crippen molar-refractivity contribution >= 4 is 38.8 Å². The first-order valence-corrected chi connectivity index (χ1v) is 18.3. The summed E-state index contributed by atoms with van der Waals surface area (Å²) in [7, 11) is 0. The van der Waals surface area contributed by atoms with Crippen LogP contribution in [0.25, 0.3) is 66.4 Å². The Hall–Kier alpha value is -6.90. The van der Waals surface area contributed by atoms with Crippen LogP contribution in [0.5, 0.6) is 0 Å². The van der Waals surface area contributed by atoms with Gasteiger partial charge in [-0.15, -0.1) is 0 Å². The maximum absolute atomic E-state index is 3.87. The van der Waals surface area contributed by atoms with Crippen LogP contribution in [0.2, 0.25) is 0 Å². The van der Waals surface area contributed by atoms with Gasteiger partial charge in [-0.1, -0.05) is 152 Å². The minimum Gasteiger partial charge on any atom is -0.355 e. The monoisotopic (exact) mass is 676 g/mol. The fourth-order valence-corrected chi connectivity index (χ4v) is 8.06. The smallest absolute Gasteiger partial charge is 0.0541 e. The number of rotatable bonds is 4. The summed E-state index contributed by atoms with van der Waals surface area (Å²) in [5.41, 5.74) is 18.0. The highest BCUT2D eigenvalue weighted by atomic mass is 15.0. The average molecular weight is 677 g/mol. The van der Waals surface area contributed by atoms with Crippen molar-refractivity contribution in [3.05, 3.63) is 217 Å². The summed E-state index contributed by atoms with van der Waals surface area (Å²) in [4.78, 5) is 0. The Morgan fingerprint density at radius 1 is 0.377 bits per heavy atom. The van der Waals surface area contributed by atoms with Crippen molar-refractivity contribution in [2.75, 3.05) is 5.32 Å². The summed E-state index contributed by atoms with van der Waals surface area (Å²) >= 11 is 0. The van der Waals surface area contributed by atoms with Gasteiger partial charge in [0.05, 0.1) is 11.0 Å². The molecule has 0 spiro atoms. The third kappa shape index (κ3) is 5.53. The second-order valence-corrected chi connectivity index (χ2v) is 13.8. The summed E-state index contributed by atoms with van der Waals surface area (Å²) in [6.45, 7) is 0. The molecule has 1 aliphatic rings. The number of benzene rings is 8. The number of nitrogens with zero attached hydrogens (tertiary/aromatic N) is 1. The molecule has 53 heavy (non-hydrogen) atoms. The summed E-state index contributed by atoms with van der Waals surface area (Å²) < 4.78 is 2.38. The van der Waals surface area contributed by atoms with E-state index >= 15 is 0 Å². The van der Waals surface area contributed by atoms with Crippen molar-refractivity contribution in [3.8, 4) is 39.1 Å².